The first-order chi connectivity index (χ1) is 37.6. The van der Waals surface area contributed by atoms with Crippen molar-refractivity contribution in [3.05, 3.63) is 57.2 Å². The van der Waals surface area contributed by atoms with Crippen LogP contribution < -0.4 is 16.3 Å². The van der Waals surface area contributed by atoms with Crippen LogP contribution in [0.4, 0.5) is 9.59 Å². The number of allylic oxidation sites excluding steroid dienone is 2. The van der Waals surface area contributed by atoms with E-state index in [4.69, 9.17) is 23.4 Å². The number of hydrogen-bond acceptors (Lipinski definition) is 10. The van der Waals surface area contributed by atoms with Crippen LogP contribution in [0.2, 0.25) is 0 Å². The number of hydrogen-bond donors (Lipinski definition) is 2. The summed E-state index contributed by atoms with van der Waals surface area (Å²) in [5.74, 6) is 6.92. The predicted molar refractivity (Wildman–Crippen MR) is 308 cm³/mol. The first-order valence-corrected chi connectivity index (χ1v) is 31.9. The Morgan fingerprint density at radius 1 is 0.570 bits per heavy atom. The molecule has 6 saturated carbocycles. The van der Waals surface area contributed by atoms with Crippen molar-refractivity contribution in [1.29, 1.82) is 0 Å². The van der Waals surface area contributed by atoms with Crippen LogP contribution >= 0.6 is 0 Å². The Morgan fingerprint density at radius 3 is 1.48 bits per heavy atom. The predicted octanol–water partition coefficient (Wildman–Crippen LogP) is 15.2. The number of fused-ring (bicyclic) bond motifs is 10. The Bertz CT molecular complexity index is 2300. The molecule has 1 aromatic heterocycles. The average molecular weight is 1100 g/mol. The molecule has 0 unspecified atom stereocenters. The lowest BCUT2D eigenvalue weighted by atomic mass is 9.47. The van der Waals surface area contributed by atoms with Crippen molar-refractivity contribution in [1.82, 2.24) is 10.6 Å². The fourth-order valence-electron chi connectivity index (χ4n) is 19.3. The van der Waals surface area contributed by atoms with Crippen LogP contribution in [0.15, 0.2) is 44.6 Å². The summed E-state index contributed by atoms with van der Waals surface area (Å²) in [5, 5.41) is 5.41. The number of carbonyl (C=O) groups excluding carboxylic acids is 4. The molecule has 1 aromatic rings. The molecule has 2 N–H and O–H groups in total. The van der Waals surface area contributed by atoms with Crippen molar-refractivity contribution in [2.75, 3.05) is 26.3 Å². The summed E-state index contributed by atoms with van der Waals surface area (Å²) in [6, 6.07) is 2.03. The zero-order chi connectivity index (χ0) is 56.4. The number of alkyl carbamates (subject to hydrolysis) is 2. The maximum Gasteiger partial charge on any atom is 0.407 e. The molecule has 0 aliphatic heterocycles. The Labute approximate surface area is 474 Å². The number of ether oxygens (including phenoxy) is 4. The SMILES string of the molecule is CC(C)CCC[C@@H](C)[C@H]1CC[C@H]2[C@@H]3CC=C4C[C@@H](OC(=O)NCCOC(=O)c5cc(C(=O)OCCNC(=O)O[C@H]6CC[C@@]7(C)C(=CC[C@H]8[C@@H]9CC[C@H]([C@H](C)CCCC(C)C)[C@@]9(C)CC[C@@H]87)C6)oc(=O)c5)CC[C@]4(C)[C@H]3CC[C@]12C. The minimum Gasteiger partial charge on any atom is -0.460 e. The Kier molecular flexibility index (Phi) is 18.7. The third-order valence-corrected chi connectivity index (χ3v) is 23.5. The van der Waals surface area contributed by atoms with E-state index in [9.17, 15) is 24.0 Å². The summed E-state index contributed by atoms with van der Waals surface area (Å²) >= 11 is 0. The second-order valence-electron chi connectivity index (χ2n) is 28.8. The van der Waals surface area contributed by atoms with Gasteiger partial charge in [-0.25, -0.2) is 24.0 Å². The summed E-state index contributed by atoms with van der Waals surface area (Å²) in [4.78, 5) is 64.3. The zero-order valence-corrected chi connectivity index (χ0v) is 50.4. The van der Waals surface area contributed by atoms with E-state index in [1.165, 1.54) is 101 Å². The molecule has 79 heavy (non-hydrogen) atoms. The molecule has 0 spiro atoms. The van der Waals surface area contributed by atoms with E-state index in [0.717, 1.165) is 123 Å². The zero-order valence-electron chi connectivity index (χ0n) is 50.4. The number of rotatable bonds is 20. The topological polar surface area (TPSA) is 159 Å². The molecule has 2 amide bonds. The first kappa shape index (κ1) is 59.5. The lowest BCUT2D eigenvalue weighted by Gasteiger charge is -2.58. The maximum atomic E-state index is 13.0. The smallest absolute Gasteiger partial charge is 0.407 e. The molecule has 0 aromatic carbocycles. The Balaban J connectivity index is 0.662. The molecule has 12 nitrogen and oxygen atoms in total. The lowest BCUT2D eigenvalue weighted by molar-refractivity contribution is -0.0581. The third-order valence-electron chi connectivity index (χ3n) is 23.5. The standard InChI is InChI=1S/C67H102N2O10/c1-41(2)13-11-15-43(5)52-21-23-54-50-19-17-46-39-48(25-29-64(46,7)56(50)27-31-66(52,54)9)77-62(73)68-33-35-75-60(71)45-37-58(79-59(70)38-45)61(72)76-36-34-69-63(74)78-49-26-30-65(8)47(40-49)18-20-51-55-24-22-53(44(6)16-12-14-42(3)4)67(55,10)32-28-57(51)65/h17-18,37-38,41-44,48-57H,11-16,19-36,39-40H2,1-10H3,(H,68,73)(H,69,74)/t43-,44-,48+,49+,50+,51+,52-,53-,54+,55+,56+,57+,64+,65+,66-,67-/m1/s1. The monoisotopic (exact) mass is 1090 g/mol. The van der Waals surface area contributed by atoms with Gasteiger partial charge in [0.25, 0.3) is 0 Å². The number of esters is 2. The molecule has 0 radical (unpaired) electrons. The van der Waals surface area contributed by atoms with Crippen LogP contribution in [0.1, 0.15) is 231 Å². The molecule has 1 heterocycles. The van der Waals surface area contributed by atoms with Crippen LogP contribution in [0.25, 0.3) is 0 Å². The maximum absolute atomic E-state index is 13.0. The molecule has 0 saturated heterocycles. The van der Waals surface area contributed by atoms with E-state index in [-0.39, 0.29) is 54.9 Å². The number of amides is 2. The normalized spacial score (nSPS) is 36.2. The molecular formula is C67H102N2O10. The summed E-state index contributed by atoms with van der Waals surface area (Å²) in [7, 11) is 0. The van der Waals surface area contributed by atoms with Gasteiger partial charge < -0.3 is 34.0 Å². The van der Waals surface area contributed by atoms with E-state index in [2.05, 4.69) is 92.0 Å². The number of carbonyl (C=O) groups is 4. The molecule has 6 fully saturated rings. The fraction of sp³-hybridized carbons (Fsp3) is 0.806. The largest absolute Gasteiger partial charge is 0.460 e. The summed E-state index contributed by atoms with van der Waals surface area (Å²) in [5.41, 5.74) is 2.96. The highest BCUT2D eigenvalue weighted by molar-refractivity contribution is 5.93. The van der Waals surface area contributed by atoms with Gasteiger partial charge in [0, 0.05) is 25.0 Å². The minimum atomic E-state index is -0.971. The first-order valence-electron chi connectivity index (χ1n) is 31.9. The van der Waals surface area contributed by atoms with Crippen molar-refractivity contribution < 1.29 is 42.5 Å². The molecule has 0 bridgehead atoms. The van der Waals surface area contributed by atoms with Crippen molar-refractivity contribution in [2.24, 2.45) is 92.7 Å². The van der Waals surface area contributed by atoms with Crippen LogP contribution in [0, 0.1) is 92.7 Å². The van der Waals surface area contributed by atoms with Crippen molar-refractivity contribution in [2.45, 2.75) is 223 Å². The van der Waals surface area contributed by atoms with Crippen molar-refractivity contribution in [3.8, 4) is 0 Å². The summed E-state index contributed by atoms with van der Waals surface area (Å²) in [6.45, 7) is 24.3. The quantitative estimate of drug-likeness (QED) is 0.0557. The van der Waals surface area contributed by atoms with Gasteiger partial charge in [-0.15, -0.1) is 0 Å². The molecule has 12 heteroatoms. The highest BCUT2D eigenvalue weighted by Crippen LogP contribution is 2.69. The summed E-state index contributed by atoms with van der Waals surface area (Å²) in [6.07, 6.45) is 29.7. The molecule has 8 aliphatic carbocycles. The second kappa shape index (κ2) is 24.8. The molecule has 9 rings (SSSR count). The molecular weight excluding hydrogens is 993 g/mol. The van der Waals surface area contributed by atoms with Gasteiger partial charge in [0.2, 0.25) is 5.76 Å². The van der Waals surface area contributed by atoms with E-state index in [1.54, 1.807) is 0 Å². The van der Waals surface area contributed by atoms with Gasteiger partial charge in [-0.1, -0.05) is 131 Å². The van der Waals surface area contributed by atoms with Gasteiger partial charge in [-0.05, 0) is 183 Å². The van der Waals surface area contributed by atoms with Gasteiger partial charge in [-0.3, -0.25) is 0 Å². The van der Waals surface area contributed by atoms with Gasteiger partial charge in [-0.2, -0.15) is 0 Å². The summed E-state index contributed by atoms with van der Waals surface area (Å²) < 4.78 is 27.6. The van der Waals surface area contributed by atoms with E-state index in [0.29, 0.717) is 22.7 Å². The second-order valence-corrected chi connectivity index (χ2v) is 28.8. The van der Waals surface area contributed by atoms with E-state index in [1.807, 2.05) is 0 Å². The van der Waals surface area contributed by atoms with Gasteiger partial charge in [0.15, 0.2) is 0 Å². The van der Waals surface area contributed by atoms with Gasteiger partial charge >= 0.3 is 29.8 Å². The van der Waals surface area contributed by atoms with Crippen LogP contribution in [0.3, 0.4) is 0 Å². The highest BCUT2D eigenvalue weighted by atomic mass is 16.6. The average Bonchev–Trinajstić information content (AvgIpc) is 4.15. The lowest BCUT2D eigenvalue weighted by Crippen LogP contribution is -2.51. The Hall–Kier alpha value is -4.09. The minimum absolute atomic E-state index is 0.00235. The molecule has 440 valence electrons. The number of nitrogens with one attached hydrogen (secondary N) is 2. The van der Waals surface area contributed by atoms with Gasteiger partial charge in [0.1, 0.15) is 25.4 Å². The third kappa shape index (κ3) is 12.6. The van der Waals surface area contributed by atoms with E-state index >= 15 is 0 Å². The van der Waals surface area contributed by atoms with Crippen LogP contribution in [0.5, 0.6) is 0 Å². The van der Waals surface area contributed by atoms with Gasteiger partial charge in [0.05, 0.1) is 18.7 Å². The fourth-order valence-corrected chi connectivity index (χ4v) is 19.3. The Morgan fingerprint density at radius 2 is 1.03 bits per heavy atom. The van der Waals surface area contributed by atoms with Crippen LogP contribution in [-0.4, -0.2) is 62.6 Å². The van der Waals surface area contributed by atoms with Crippen molar-refractivity contribution >= 4 is 24.1 Å². The van der Waals surface area contributed by atoms with Crippen molar-refractivity contribution in [3.63, 3.8) is 0 Å². The molecule has 8 aliphatic rings. The molecule has 16 atom stereocenters. The highest BCUT2D eigenvalue weighted by Gasteiger charge is 2.61. The van der Waals surface area contributed by atoms with E-state index < -0.39 is 35.5 Å². The van der Waals surface area contributed by atoms with Crippen LogP contribution in [-0.2, 0) is 18.9 Å².